The number of nitrogens with one attached hydrogen (secondary N) is 2. The summed E-state index contributed by atoms with van der Waals surface area (Å²) in [6, 6.07) is 10.4. The second-order valence-corrected chi connectivity index (χ2v) is 7.31. The Balaban J connectivity index is 1.87. The lowest BCUT2D eigenvalue weighted by atomic mass is 10.2. The van der Waals surface area contributed by atoms with Crippen molar-refractivity contribution in [3.63, 3.8) is 0 Å². The predicted octanol–water partition coefficient (Wildman–Crippen LogP) is 4.69. The molecule has 0 fully saturated rings. The van der Waals surface area contributed by atoms with Gasteiger partial charge in [-0.3, -0.25) is 14.2 Å². The van der Waals surface area contributed by atoms with Gasteiger partial charge in [-0.05, 0) is 55.8 Å². The van der Waals surface area contributed by atoms with Gasteiger partial charge in [-0.2, -0.15) is 0 Å². The summed E-state index contributed by atoms with van der Waals surface area (Å²) in [6.07, 6.45) is 0. The van der Waals surface area contributed by atoms with Gasteiger partial charge in [0.1, 0.15) is 12.4 Å². The van der Waals surface area contributed by atoms with Gasteiger partial charge in [0, 0.05) is 33.2 Å². The van der Waals surface area contributed by atoms with Crippen LogP contribution in [0.2, 0.25) is 10.0 Å². The van der Waals surface area contributed by atoms with Gasteiger partial charge in [-0.15, -0.1) is 0 Å². The Morgan fingerprint density at radius 1 is 1.07 bits per heavy atom. The Morgan fingerprint density at radius 3 is 2.41 bits per heavy atom. The fraction of sp³-hybridized carbons (Fsp3) is 0.150. The lowest BCUT2D eigenvalue weighted by Gasteiger charge is -2.15. The summed E-state index contributed by atoms with van der Waals surface area (Å²) in [5.74, 6) is -0.639. The van der Waals surface area contributed by atoms with Gasteiger partial charge in [0.15, 0.2) is 0 Å². The molecular weight excluding hydrogens is 418 g/mol. The molecule has 29 heavy (non-hydrogen) atoms. The van der Waals surface area contributed by atoms with E-state index in [4.69, 9.17) is 23.2 Å². The van der Waals surface area contributed by atoms with Crippen LogP contribution < -0.4 is 16.2 Å². The third-order valence-corrected chi connectivity index (χ3v) is 4.43. The zero-order chi connectivity index (χ0) is 21.1. The smallest absolute Gasteiger partial charge is 0.255 e. The molecule has 0 atom stereocenters. The molecule has 2 N–H and O–H groups in total. The van der Waals surface area contributed by atoms with E-state index in [9.17, 15) is 14.0 Å². The van der Waals surface area contributed by atoms with E-state index in [-0.39, 0.29) is 18.3 Å². The summed E-state index contributed by atoms with van der Waals surface area (Å²) in [6.45, 7) is 3.00. The van der Waals surface area contributed by atoms with Crippen LogP contribution in [0.25, 0.3) is 0 Å². The van der Waals surface area contributed by atoms with Crippen LogP contribution in [0.5, 0.6) is 0 Å². The minimum Gasteiger partial charge on any atom is -0.326 e. The van der Waals surface area contributed by atoms with E-state index in [2.05, 4.69) is 15.6 Å². The number of hydrogen-bond donors (Lipinski definition) is 2. The Bertz CT molecular complexity index is 1130. The van der Waals surface area contributed by atoms with Crippen molar-refractivity contribution in [1.29, 1.82) is 0 Å². The molecule has 0 unspecified atom stereocenters. The van der Waals surface area contributed by atoms with Crippen LogP contribution in [0.3, 0.4) is 0 Å². The number of nitrogens with zero attached hydrogens (tertiary/aromatic N) is 2. The highest BCUT2D eigenvalue weighted by Gasteiger charge is 2.13. The molecule has 0 saturated carbocycles. The van der Waals surface area contributed by atoms with Gasteiger partial charge in [-0.25, -0.2) is 9.37 Å². The number of anilines is 3. The second kappa shape index (κ2) is 8.63. The standard InChI is InChI=1S/C20H17Cl2FN4O2/c1-11-5-15(3-4-17(11)23)26-20-24-12(2)6-19(29)27(20)10-18(28)25-16-8-13(21)7-14(22)9-16/h3-9H,10H2,1-2H3,(H,24,26)(H,25,28). The lowest BCUT2D eigenvalue weighted by Crippen LogP contribution is -2.30. The van der Waals surface area contributed by atoms with E-state index in [1.165, 1.54) is 22.8 Å². The average molecular weight is 435 g/mol. The summed E-state index contributed by atoms with van der Waals surface area (Å²) in [5, 5.41) is 6.36. The summed E-state index contributed by atoms with van der Waals surface area (Å²) < 4.78 is 14.7. The maximum absolute atomic E-state index is 13.5. The lowest BCUT2D eigenvalue weighted by molar-refractivity contribution is -0.116. The maximum atomic E-state index is 13.5. The molecule has 3 aromatic rings. The molecule has 0 bridgehead atoms. The van der Waals surface area contributed by atoms with Gasteiger partial charge in [-0.1, -0.05) is 23.2 Å². The van der Waals surface area contributed by atoms with Gasteiger partial charge < -0.3 is 10.6 Å². The number of benzene rings is 2. The van der Waals surface area contributed by atoms with Crippen molar-refractivity contribution < 1.29 is 9.18 Å². The molecule has 2 aromatic carbocycles. The number of rotatable bonds is 5. The van der Waals surface area contributed by atoms with E-state index in [1.54, 1.807) is 38.1 Å². The SMILES string of the molecule is Cc1cc(=O)n(CC(=O)Nc2cc(Cl)cc(Cl)c2)c(Nc2ccc(F)c(C)c2)n1. The average Bonchev–Trinajstić information content (AvgIpc) is 2.60. The molecule has 0 aliphatic carbocycles. The first-order chi connectivity index (χ1) is 13.7. The molecule has 1 heterocycles. The number of carbonyl (C=O) groups is 1. The summed E-state index contributed by atoms with van der Waals surface area (Å²) in [4.78, 5) is 29.3. The number of halogens is 3. The third kappa shape index (κ3) is 5.34. The molecule has 0 aliphatic heterocycles. The van der Waals surface area contributed by atoms with Crippen LogP contribution in [0.1, 0.15) is 11.3 Å². The fourth-order valence-corrected chi connectivity index (χ4v) is 3.22. The molecule has 0 aliphatic rings. The van der Waals surface area contributed by atoms with E-state index < -0.39 is 11.5 Å². The first-order valence-electron chi connectivity index (χ1n) is 8.59. The monoisotopic (exact) mass is 434 g/mol. The van der Waals surface area contributed by atoms with Crippen molar-refractivity contribution in [2.45, 2.75) is 20.4 Å². The van der Waals surface area contributed by atoms with E-state index in [0.29, 0.717) is 32.7 Å². The number of carbonyl (C=O) groups excluding carboxylic acids is 1. The van der Waals surface area contributed by atoms with Crippen molar-refractivity contribution in [3.8, 4) is 0 Å². The molecule has 0 saturated heterocycles. The van der Waals surface area contributed by atoms with Crippen LogP contribution in [0.15, 0.2) is 47.3 Å². The van der Waals surface area contributed by atoms with Crippen LogP contribution in [-0.2, 0) is 11.3 Å². The topological polar surface area (TPSA) is 76.0 Å². The molecule has 0 radical (unpaired) electrons. The van der Waals surface area contributed by atoms with Crippen LogP contribution in [0.4, 0.5) is 21.7 Å². The fourth-order valence-electron chi connectivity index (χ4n) is 2.69. The van der Waals surface area contributed by atoms with E-state index in [1.807, 2.05) is 0 Å². The van der Waals surface area contributed by atoms with Crippen molar-refractivity contribution >= 4 is 46.4 Å². The van der Waals surface area contributed by atoms with Gasteiger partial charge in [0.05, 0.1) is 0 Å². The van der Waals surface area contributed by atoms with Crippen LogP contribution in [-0.4, -0.2) is 15.5 Å². The van der Waals surface area contributed by atoms with Gasteiger partial charge in [0.2, 0.25) is 11.9 Å². The predicted molar refractivity (Wildman–Crippen MR) is 113 cm³/mol. The number of amides is 1. The zero-order valence-electron chi connectivity index (χ0n) is 15.6. The summed E-state index contributed by atoms with van der Waals surface area (Å²) in [5.41, 5.74) is 1.46. The molecule has 9 heteroatoms. The molecular formula is C20H17Cl2FN4O2. The van der Waals surface area contributed by atoms with Gasteiger partial charge in [0.25, 0.3) is 5.56 Å². The van der Waals surface area contributed by atoms with Crippen molar-refractivity contribution in [2.75, 3.05) is 10.6 Å². The number of aryl methyl sites for hydroxylation is 2. The molecule has 0 spiro atoms. The van der Waals surface area contributed by atoms with Crippen LogP contribution in [0, 0.1) is 19.7 Å². The maximum Gasteiger partial charge on any atom is 0.255 e. The highest BCUT2D eigenvalue weighted by atomic mass is 35.5. The second-order valence-electron chi connectivity index (χ2n) is 6.44. The molecule has 6 nitrogen and oxygen atoms in total. The van der Waals surface area contributed by atoms with Crippen molar-refractivity contribution in [1.82, 2.24) is 9.55 Å². The minimum atomic E-state index is -0.463. The normalized spacial score (nSPS) is 10.7. The quantitative estimate of drug-likeness (QED) is 0.610. The van der Waals surface area contributed by atoms with Crippen molar-refractivity contribution in [2.24, 2.45) is 0 Å². The first kappa shape index (κ1) is 20.8. The third-order valence-electron chi connectivity index (χ3n) is 4.00. The Labute approximate surface area is 176 Å². The van der Waals surface area contributed by atoms with Crippen molar-refractivity contribution in [3.05, 3.63) is 79.9 Å². The highest BCUT2D eigenvalue weighted by Crippen LogP contribution is 2.22. The molecule has 1 aromatic heterocycles. The highest BCUT2D eigenvalue weighted by molar-refractivity contribution is 6.35. The number of hydrogen-bond acceptors (Lipinski definition) is 4. The summed E-state index contributed by atoms with van der Waals surface area (Å²) in [7, 11) is 0. The Kier molecular flexibility index (Phi) is 6.20. The molecule has 1 amide bonds. The summed E-state index contributed by atoms with van der Waals surface area (Å²) >= 11 is 11.9. The van der Waals surface area contributed by atoms with E-state index in [0.717, 1.165) is 0 Å². The molecule has 3 rings (SSSR count). The first-order valence-corrected chi connectivity index (χ1v) is 9.34. The largest absolute Gasteiger partial charge is 0.326 e. The van der Waals surface area contributed by atoms with Crippen LogP contribution >= 0.6 is 23.2 Å². The molecule has 150 valence electrons. The zero-order valence-corrected chi connectivity index (χ0v) is 17.1. The van der Waals surface area contributed by atoms with E-state index >= 15 is 0 Å². The number of aromatic nitrogens is 2. The Morgan fingerprint density at radius 2 is 1.76 bits per heavy atom. The minimum absolute atomic E-state index is 0.167. The van der Waals surface area contributed by atoms with Gasteiger partial charge >= 0.3 is 0 Å². The Hall–Kier alpha value is -2.90.